The Kier molecular flexibility index (Phi) is 4.31. The first-order valence-corrected chi connectivity index (χ1v) is 7.50. The molecule has 1 aliphatic heterocycles. The van der Waals surface area contributed by atoms with Crippen LogP contribution in [0.1, 0.15) is 17.0 Å². The van der Waals surface area contributed by atoms with Crippen molar-refractivity contribution in [2.75, 3.05) is 38.2 Å². The molecule has 1 aromatic carbocycles. The van der Waals surface area contributed by atoms with Crippen molar-refractivity contribution in [3.8, 4) is 5.75 Å². The van der Waals surface area contributed by atoms with Gasteiger partial charge in [-0.15, -0.1) is 5.10 Å². The lowest BCUT2D eigenvalue weighted by Gasteiger charge is -2.23. The van der Waals surface area contributed by atoms with Crippen molar-refractivity contribution in [2.24, 2.45) is 0 Å². The van der Waals surface area contributed by atoms with Gasteiger partial charge in [0.2, 0.25) is 5.82 Å². The smallest absolute Gasteiger partial charge is 0.341 e. The summed E-state index contributed by atoms with van der Waals surface area (Å²) >= 11 is 0. The third-order valence-electron chi connectivity index (χ3n) is 3.92. The Morgan fingerprint density at radius 2 is 1.96 bits per heavy atom. The summed E-state index contributed by atoms with van der Waals surface area (Å²) in [4.78, 5) is 29.8. The van der Waals surface area contributed by atoms with Crippen LogP contribution in [0.2, 0.25) is 0 Å². The van der Waals surface area contributed by atoms with Crippen LogP contribution in [0.5, 0.6) is 5.75 Å². The van der Waals surface area contributed by atoms with E-state index in [1.807, 2.05) is 24.3 Å². The standard InChI is InChI=1S/C15H19N5O3/c1-23-12-5-3-11(4-6-12)19-7-2-8-20(10-9-19)14(21)13-16-15(22)18-17-13/h3-6H,2,7-10H2,1H3,(H2,16,17,18,22). The van der Waals surface area contributed by atoms with E-state index in [1.165, 1.54) is 0 Å². The molecule has 2 aromatic rings. The van der Waals surface area contributed by atoms with Crippen LogP contribution in [0, 0.1) is 0 Å². The van der Waals surface area contributed by atoms with E-state index in [1.54, 1.807) is 12.0 Å². The number of aromatic amines is 2. The van der Waals surface area contributed by atoms with Gasteiger partial charge in [-0.05, 0) is 30.7 Å². The highest BCUT2D eigenvalue weighted by Crippen LogP contribution is 2.20. The van der Waals surface area contributed by atoms with E-state index in [-0.39, 0.29) is 11.7 Å². The van der Waals surface area contributed by atoms with Gasteiger partial charge in [-0.1, -0.05) is 0 Å². The molecule has 23 heavy (non-hydrogen) atoms. The molecule has 2 N–H and O–H groups in total. The number of benzene rings is 1. The zero-order chi connectivity index (χ0) is 16.2. The predicted molar refractivity (Wildman–Crippen MR) is 84.9 cm³/mol. The summed E-state index contributed by atoms with van der Waals surface area (Å²) < 4.78 is 5.17. The number of nitrogens with zero attached hydrogens (tertiary/aromatic N) is 3. The van der Waals surface area contributed by atoms with Gasteiger partial charge in [-0.2, -0.15) is 0 Å². The minimum absolute atomic E-state index is 0.0629. The van der Waals surface area contributed by atoms with Crippen LogP contribution in [-0.4, -0.2) is 59.3 Å². The zero-order valence-electron chi connectivity index (χ0n) is 12.9. The molecule has 0 spiro atoms. The van der Waals surface area contributed by atoms with Gasteiger partial charge in [0.15, 0.2) is 0 Å². The number of anilines is 1. The number of hydrogen-bond acceptors (Lipinski definition) is 5. The molecule has 1 fully saturated rings. The molecule has 0 radical (unpaired) electrons. The molecule has 3 rings (SSSR count). The Labute approximate surface area is 133 Å². The highest BCUT2D eigenvalue weighted by molar-refractivity contribution is 5.90. The molecule has 0 unspecified atom stereocenters. The van der Waals surface area contributed by atoms with Crippen molar-refractivity contribution in [3.05, 3.63) is 40.6 Å². The summed E-state index contributed by atoms with van der Waals surface area (Å²) in [6, 6.07) is 7.89. The van der Waals surface area contributed by atoms with E-state index in [2.05, 4.69) is 20.1 Å². The second-order valence-electron chi connectivity index (χ2n) is 5.36. The summed E-state index contributed by atoms with van der Waals surface area (Å²) in [6.07, 6.45) is 0.854. The topological polar surface area (TPSA) is 94.3 Å². The maximum absolute atomic E-state index is 12.3. The van der Waals surface area contributed by atoms with E-state index < -0.39 is 5.69 Å². The van der Waals surface area contributed by atoms with Crippen molar-refractivity contribution in [1.29, 1.82) is 0 Å². The average molecular weight is 317 g/mol. The number of ether oxygens (including phenoxy) is 1. The van der Waals surface area contributed by atoms with E-state index in [9.17, 15) is 9.59 Å². The normalized spacial score (nSPS) is 15.3. The zero-order valence-corrected chi connectivity index (χ0v) is 12.9. The molecule has 0 atom stereocenters. The first kappa shape index (κ1) is 15.1. The molecule has 122 valence electrons. The number of H-pyrrole nitrogens is 2. The highest BCUT2D eigenvalue weighted by atomic mass is 16.5. The van der Waals surface area contributed by atoms with E-state index >= 15 is 0 Å². The van der Waals surface area contributed by atoms with Gasteiger partial charge in [0, 0.05) is 31.9 Å². The van der Waals surface area contributed by atoms with E-state index in [0.717, 1.165) is 30.9 Å². The fourth-order valence-corrected chi connectivity index (χ4v) is 2.69. The number of hydrogen-bond donors (Lipinski definition) is 2. The molecule has 0 aliphatic carbocycles. The second kappa shape index (κ2) is 6.55. The maximum atomic E-state index is 12.3. The van der Waals surface area contributed by atoms with Gasteiger partial charge in [-0.3, -0.25) is 9.78 Å². The lowest BCUT2D eigenvalue weighted by Crippen LogP contribution is -2.36. The number of amides is 1. The first-order valence-electron chi connectivity index (χ1n) is 7.50. The van der Waals surface area contributed by atoms with Crippen molar-refractivity contribution in [2.45, 2.75) is 6.42 Å². The minimum Gasteiger partial charge on any atom is -0.497 e. The quantitative estimate of drug-likeness (QED) is 0.857. The summed E-state index contributed by atoms with van der Waals surface area (Å²) in [5, 5.41) is 5.92. The molecular weight excluding hydrogens is 298 g/mol. The molecule has 1 aromatic heterocycles. The Morgan fingerprint density at radius 3 is 2.61 bits per heavy atom. The lowest BCUT2D eigenvalue weighted by atomic mass is 10.2. The van der Waals surface area contributed by atoms with E-state index in [4.69, 9.17) is 4.74 Å². The second-order valence-corrected chi connectivity index (χ2v) is 5.36. The SMILES string of the molecule is COc1ccc(N2CCCN(C(=O)c3n[nH]c(=O)[nH]3)CC2)cc1. The van der Waals surface area contributed by atoms with Gasteiger partial charge in [0.25, 0.3) is 5.91 Å². The molecule has 1 aliphatic rings. The third kappa shape index (κ3) is 3.36. The van der Waals surface area contributed by atoms with Gasteiger partial charge in [0.1, 0.15) is 5.75 Å². The number of carbonyl (C=O) groups is 1. The lowest BCUT2D eigenvalue weighted by molar-refractivity contribution is 0.0755. The minimum atomic E-state index is -0.469. The largest absolute Gasteiger partial charge is 0.497 e. The summed E-state index contributed by atoms with van der Waals surface area (Å²) in [5.41, 5.74) is 0.635. The Balaban J connectivity index is 1.66. The fraction of sp³-hybridized carbons (Fsp3) is 0.400. The highest BCUT2D eigenvalue weighted by Gasteiger charge is 2.22. The van der Waals surface area contributed by atoms with Crippen molar-refractivity contribution >= 4 is 11.6 Å². The van der Waals surface area contributed by atoms with Crippen LogP contribution in [0.3, 0.4) is 0 Å². The molecular formula is C15H19N5O3. The van der Waals surface area contributed by atoms with Crippen LogP contribution in [0.4, 0.5) is 5.69 Å². The number of rotatable bonds is 3. The van der Waals surface area contributed by atoms with Crippen LogP contribution in [0.25, 0.3) is 0 Å². The summed E-state index contributed by atoms with van der Waals surface area (Å²) in [7, 11) is 1.64. The summed E-state index contributed by atoms with van der Waals surface area (Å²) in [5.74, 6) is 0.635. The molecule has 0 bridgehead atoms. The maximum Gasteiger partial charge on any atom is 0.341 e. The summed E-state index contributed by atoms with van der Waals surface area (Å²) in [6.45, 7) is 2.82. The number of aromatic nitrogens is 3. The van der Waals surface area contributed by atoms with Crippen molar-refractivity contribution < 1.29 is 9.53 Å². The molecule has 1 saturated heterocycles. The van der Waals surface area contributed by atoms with Crippen LogP contribution in [-0.2, 0) is 0 Å². The average Bonchev–Trinajstić information content (AvgIpc) is 2.87. The third-order valence-corrected chi connectivity index (χ3v) is 3.92. The van der Waals surface area contributed by atoms with Gasteiger partial charge in [-0.25, -0.2) is 9.89 Å². The monoisotopic (exact) mass is 317 g/mol. The Bertz CT molecular complexity index is 721. The van der Waals surface area contributed by atoms with Gasteiger partial charge < -0.3 is 14.5 Å². The number of nitrogens with one attached hydrogen (secondary N) is 2. The fourth-order valence-electron chi connectivity index (χ4n) is 2.69. The van der Waals surface area contributed by atoms with Crippen LogP contribution < -0.4 is 15.3 Å². The van der Waals surface area contributed by atoms with E-state index in [0.29, 0.717) is 13.1 Å². The number of carbonyl (C=O) groups excluding carboxylic acids is 1. The molecule has 8 heteroatoms. The molecule has 0 saturated carbocycles. The Morgan fingerprint density at radius 1 is 1.17 bits per heavy atom. The van der Waals surface area contributed by atoms with Gasteiger partial charge >= 0.3 is 5.69 Å². The van der Waals surface area contributed by atoms with Crippen molar-refractivity contribution in [1.82, 2.24) is 20.1 Å². The van der Waals surface area contributed by atoms with Crippen LogP contribution in [0.15, 0.2) is 29.1 Å². The van der Waals surface area contributed by atoms with Gasteiger partial charge in [0.05, 0.1) is 7.11 Å². The molecule has 8 nitrogen and oxygen atoms in total. The van der Waals surface area contributed by atoms with Crippen LogP contribution >= 0.6 is 0 Å². The Hall–Kier alpha value is -2.77. The number of methoxy groups -OCH3 is 1. The predicted octanol–water partition coefficient (Wildman–Crippen LogP) is 0.459. The van der Waals surface area contributed by atoms with Crippen molar-refractivity contribution in [3.63, 3.8) is 0 Å². The molecule has 2 heterocycles. The molecule has 1 amide bonds. The first-order chi connectivity index (χ1) is 11.2.